The lowest BCUT2D eigenvalue weighted by molar-refractivity contribution is -0.156. The maximum absolute atomic E-state index is 12.5. The van der Waals surface area contributed by atoms with E-state index in [1.165, 1.54) is 26.3 Å². The minimum Gasteiger partial charge on any atom is -0.398 e. The average molecular weight is 376 g/mol. The molecule has 12 heteroatoms. The first-order valence-electron chi connectivity index (χ1n) is 6.67. The van der Waals surface area contributed by atoms with Gasteiger partial charge in [0.05, 0.1) is 11.5 Å². The van der Waals surface area contributed by atoms with Crippen molar-refractivity contribution in [2.75, 3.05) is 12.8 Å². The summed E-state index contributed by atoms with van der Waals surface area (Å²) in [6, 6.07) is 0. The molecule has 24 heavy (non-hydrogen) atoms. The molecule has 0 saturated carbocycles. The van der Waals surface area contributed by atoms with Crippen LogP contribution in [0.5, 0.6) is 0 Å². The van der Waals surface area contributed by atoms with Crippen molar-refractivity contribution in [1.29, 1.82) is 0 Å². The van der Waals surface area contributed by atoms with Gasteiger partial charge in [0.15, 0.2) is 16.6 Å². The topological polar surface area (TPSA) is 152 Å². The van der Waals surface area contributed by atoms with E-state index < -0.39 is 33.5 Å². The predicted octanol–water partition coefficient (Wildman–Crippen LogP) is 0.0748. The Bertz CT molecular complexity index is 813. The number of aromatic nitrogens is 1. The smallest absolute Gasteiger partial charge is 0.362 e. The monoisotopic (exact) mass is 376 g/mol. The van der Waals surface area contributed by atoms with Crippen LogP contribution in [0.25, 0.3) is 0 Å². The molecule has 3 N–H and O–H groups in total. The van der Waals surface area contributed by atoms with Crippen LogP contribution in [0.15, 0.2) is 10.5 Å². The standard InChI is InChI=1S/C12H16N4O6S2/c1-12(2)6(10(18)16(12)24(19,20)21)4-8(17)9(15-22-3)7-5-23-11(13)14-7/h5-6H,4H2,1-3H3,(H2,13,14)(H,19,20,21)/b15-9-. The molecule has 0 spiro atoms. The van der Waals surface area contributed by atoms with Crippen molar-refractivity contribution in [2.24, 2.45) is 11.1 Å². The fraction of sp³-hybridized carbons (Fsp3) is 0.500. The minimum absolute atomic E-state index is 0.112. The molecule has 1 saturated heterocycles. The first-order valence-corrected chi connectivity index (χ1v) is 8.95. The number of hydrogen-bond acceptors (Lipinski definition) is 9. The molecule has 1 aliphatic heterocycles. The molecule has 1 aromatic rings. The van der Waals surface area contributed by atoms with Crippen LogP contribution in [0, 0.1) is 5.92 Å². The molecule has 10 nitrogen and oxygen atoms in total. The van der Waals surface area contributed by atoms with Gasteiger partial charge >= 0.3 is 10.3 Å². The summed E-state index contributed by atoms with van der Waals surface area (Å²) in [6.07, 6.45) is -0.308. The number of nitrogens with zero attached hydrogens (tertiary/aromatic N) is 3. The SMILES string of the molecule is CO/N=C(\C(=O)CC1C(=O)N(S(=O)(=O)O)C1(C)C)c1csc(N)n1. The van der Waals surface area contributed by atoms with E-state index in [0.29, 0.717) is 4.31 Å². The fourth-order valence-corrected chi connectivity index (χ4v) is 4.19. The van der Waals surface area contributed by atoms with Crippen molar-refractivity contribution >= 4 is 44.2 Å². The van der Waals surface area contributed by atoms with Gasteiger partial charge < -0.3 is 10.6 Å². The molecular weight excluding hydrogens is 360 g/mol. The minimum atomic E-state index is -4.68. The lowest BCUT2D eigenvalue weighted by Crippen LogP contribution is -2.69. The Labute approximate surface area is 142 Å². The van der Waals surface area contributed by atoms with Crippen molar-refractivity contribution in [3.05, 3.63) is 11.1 Å². The highest BCUT2D eigenvalue weighted by atomic mass is 32.2. The number of Topliss-reactive ketones (excluding diaryl/α,β-unsaturated/α-hetero) is 1. The first kappa shape index (κ1) is 18.3. The molecule has 1 atom stereocenters. The summed E-state index contributed by atoms with van der Waals surface area (Å²) >= 11 is 1.11. The number of hydrogen-bond donors (Lipinski definition) is 2. The van der Waals surface area contributed by atoms with Crippen molar-refractivity contribution in [3.8, 4) is 0 Å². The van der Waals surface area contributed by atoms with E-state index in [-0.39, 0.29) is 23.0 Å². The maximum Gasteiger partial charge on any atom is 0.362 e. The highest BCUT2D eigenvalue weighted by Crippen LogP contribution is 2.41. The molecule has 2 heterocycles. The number of nitrogen functional groups attached to an aromatic ring is 1. The third-order valence-electron chi connectivity index (χ3n) is 3.71. The summed E-state index contributed by atoms with van der Waals surface area (Å²) in [5.41, 5.74) is 4.39. The second-order valence-corrected chi connectivity index (χ2v) is 7.76. The molecule has 1 fully saturated rings. The number of anilines is 1. The quantitative estimate of drug-likeness (QED) is 0.306. The Balaban J connectivity index is 2.23. The second kappa shape index (κ2) is 6.11. The predicted molar refractivity (Wildman–Crippen MR) is 85.7 cm³/mol. The molecule has 132 valence electrons. The van der Waals surface area contributed by atoms with Crippen LogP contribution in [-0.2, 0) is 24.7 Å². The highest BCUT2D eigenvalue weighted by Gasteiger charge is 2.59. The molecule has 2 rings (SSSR count). The van der Waals surface area contributed by atoms with Crippen molar-refractivity contribution in [1.82, 2.24) is 9.29 Å². The van der Waals surface area contributed by atoms with Gasteiger partial charge in [-0.25, -0.2) is 9.29 Å². The molecular formula is C12H16N4O6S2. The van der Waals surface area contributed by atoms with Gasteiger partial charge in [-0.2, -0.15) is 8.42 Å². The number of oxime groups is 1. The van der Waals surface area contributed by atoms with Gasteiger partial charge in [-0.15, -0.1) is 11.3 Å². The number of rotatable bonds is 6. The number of nitrogens with two attached hydrogens (primary N) is 1. The zero-order valence-corrected chi connectivity index (χ0v) is 14.7. The van der Waals surface area contributed by atoms with Crippen molar-refractivity contribution in [2.45, 2.75) is 25.8 Å². The van der Waals surface area contributed by atoms with Crippen LogP contribution in [-0.4, -0.2) is 52.3 Å². The zero-order chi connectivity index (χ0) is 18.3. The number of carbonyl (C=O) groups is 2. The number of amides is 1. The Morgan fingerprint density at radius 1 is 1.58 bits per heavy atom. The van der Waals surface area contributed by atoms with E-state index >= 15 is 0 Å². The number of carbonyl (C=O) groups excluding carboxylic acids is 2. The van der Waals surface area contributed by atoms with Gasteiger partial charge in [0.1, 0.15) is 12.8 Å². The van der Waals surface area contributed by atoms with E-state index in [4.69, 9.17) is 10.3 Å². The zero-order valence-electron chi connectivity index (χ0n) is 13.1. The van der Waals surface area contributed by atoms with Gasteiger partial charge in [-0.05, 0) is 13.8 Å². The van der Waals surface area contributed by atoms with Crippen LogP contribution < -0.4 is 5.73 Å². The molecule has 0 aliphatic carbocycles. The average Bonchev–Trinajstić information content (AvgIpc) is 2.86. The first-order chi connectivity index (χ1) is 11.0. The van der Waals surface area contributed by atoms with Gasteiger partial charge in [0.25, 0.3) is 0 Å². The second-order valence-electron chi connectivity index (χ2n) is 5.61. The molecule has 1 aliphatic rings. The van der Waals surface area contributed by atoms with E-state index in [9.17, 15) is 18.0 Å². The summed E-state index contributed by atoms with van der Waals surface area (Å²) in [5.74, 6) is -2.33. The van der Waals surface area contributed by atoms with Crippen molar-refractivity contribution in [3.63, 3.8) is 0 Å². The van der Waals surface area contributed by atoms with Gasteiger partial charge in [-0.3, -0.25) is 14.1 Å². The van der Waals surface area contributed by atoms with Crippen LogP contribution in [0.4, 0.5) is 5.13 Å². The number of ketones is 1. The summed E-state index contributed by atoms with van der Waals surface area (Å²) < 4.78 is 31.9. The number of thiazole rings is 1. The summed E-state index contributed by atoms with van der Waals surface area (Å²) in [4.78, 5) is 33.1. The van der Waals surface area contributed by atoms with Gasteiger partial charge in [-0.1, -0.05) is 5.16 Å². The van der Waals surface area contributed by atoms with E-state index in [1.807, 2.05) is 0 Å². The molecule has 1 amide bonds. The van der Waals surface area contributed by atoms with E-state index in [2.05, 4.69) is 15.0 Å². The molecule has 0 bridgehead atoms. The largest absolute Gasteiger partial charge is 0.398 e. The lowest BCUT2D eigenvalue weighted by atomic mass is 9.75. The normalized spacial score (nSPS) is 20.7. The number of β-lactam (4-membered cyclic amide) rings is 1. The van der Waals surface area contributed by atoms with Crippen LogP contribution >= 0.6 is 11.3 Å². The third-order valence-corrected chi connectivity index (χ3v) is 5.49. The van der Waals surface area contributed by atoms with Crippen LogP contribution in [0.3, 0.4) is 0 Å². The fourth-order valence-electron chi connectivity index (χ4n) is 2.56. The third kappa shape index (κ3) is 3.12. The molecule has 0 aromatic carbocycles. The maximum atomic E-state index is 12.5. The molecule has 0 radical (unpaired) electrons. The highest BCUT2D eigenvalue weighted by molar-refractivity contribution is 7.84. The Morgan fingerprint density at radius 2 is 2.21 bits per heavy atom. The molecule has 1 aromatic heterocycles. The van der Waals surface area contributed by atoms with Crippen LogP contribution in [0.2, 0.25) is 0 Å². The molecule has 1 unspecified atom stereocenters. The Morgan fingerprint density at radius 3 is 2.62 bits per heavy atom. The van der Waals surface area contributed by atoms with E-state index in [1.54, 1.807) is 0 Å². The van der Waals surface area contributed by atoms with E-state index in [0.717, 1.165) is 11.3 Å². The van der Waals surface area contributed by atoms with Gasteiger partial charge in [0.2, 0.25) is 5.91 Å². The lowest BCUT2D eigenvalue weighted by Gasteiger charge is -2.50. The van der Waals surface area contributed by atoms with Crippen LogP contribution in [0.1, 0.15) is 26.0 Å². The Kier molecular flexibility index (Phi) is 4.65. The summed E-state index contributed by atoms with van der Waals surface area (Å²) in [5, 5.41) is 5.38. The van der Waals surface area contributed by atoms with Gasteiger partial charge in [0, 0.05) is 11.8 Å². The summed E-state index contributed by atoms with van der Waals surface area (Å²) in [6.45, 7) is 2.88. The summed E-state index contributed by atoms with van der Waals surface area (Å²) in [7, 11) is -3.43. The van der Waals surface area contributed by atoms with Crippen molar-refractivity contribution < 1.29 is 27.4 Å². The Hall–Kier alpha value is -2.05.